The number of carbonyl (C=O) groups excluding carboxylic acids is 1. The Morgan fingerprint density at radius 2 is 2.05 bits per heavy atom. The fraction of sp³-hybridized carbons (Fsp3) is 0.947. The molecule has 1 aliphatic heterocycles. The largest absolute Gasteiger partial charge is 0.449 e. The van der Waals surface area contributed by atoms with Crippen LogP contribution in [0, 0.1) is 11.8 Å². The molecule has 1 saturated heterocycles. The molecule has 22 heavy (non-hydrogen) atoms. The fourth-order valence-electron chi connectivity index (χ4n) is 3.46. The maximum atomic E-state index is 12.3. The average molecular weight is 312 g/mol. The van der Waals surface area contributed by atoms with Gasteiger partial charge in [0.2, 0.25) is 0 Å². The molecule has 1 rings (SSSR count). The van der Waals surface area contributed by atoms with Crippen LogP contribution in [0.1, 0.15) is 85.5 Å². The van der Waals surface area contributed by atoms with E-state index in [4.69, 9.17) is 4.74 Å². The van der Waals surface area contributed by atoms with Gasteiger partial charge in [0, 0.05) is 12.6 Å². The molecule has 1 heterocycles. The first-order valence-electron chi connectivity index (χ1n) is 9.55. The van der Waals surface area contributed by atoms with Crippen molar-refractivity contribution in [1.82, 2.24) is 4.90 Å². The monoisotopic (exact) mass is 311 g/mol. The Kier molecular flexibility index (Phi) is 9.58. The summed E-state index contributed by atoms with van der Waals surface area (Å²) in [7, 11) is 0. The van der Waals surface area contributed by atoms with Crippen LogP contribution in [0.25, 0.3) is 0 Å². The van der Waals surface area contributed by atoms with Crippen LogP contribution < -0.4 is 0 Å². The Balaban J connectivity index is 2.41. The zero-order valence-electron chi connectivity index (χ0n) is 15.3. The molecule has 0 N–H and O–H groups in total. The van der Waals surface area contributed by atoms with E-state index in [1.54, 1.807) is 0 Å². The highest BCUT2D eigenvalue weighted by atomic mass is 16.6. The molecule has 0 spiro atoms. The summed E-state index contributed by atoms with van der Waals surface area (Å²) in [6.07, 6.45) is 10.6. The van der Waals surface area contributed by atoms with Crippen molar-refractivity contribution in [3.8, 4) is 0 Å². The first kappa shape index (κ1) is 19.3. The molecule has 0 radical (unpaired) electrons. The number of hydrogen-bond donors (Lipinski definition) is 0. The lowest BCUT2D eigenvalue weighted by molar-refractivity contribution is 0.0768. The van der Waals surface area contributed by atoms with Crippen LogP contribution in [0.4, 0.5) is 4.79 Å². The highest BCUT2D eigenvalue weighted by Gasteiger charge is 2.28. The number of likely N-dealkylation sites (tertiary alicyclic amines) is 1. The Bertz CT molecular complexity index is 306. The molecule has 0 aromatic rings. The zero-order chi connectivity index (χ0) is 16.4. The van der Waals surface area contributed by atoms with Crippen LogP contribution in [-0.2, 0) is 4.74 Å². The zero-order valence-corrected chi connectivity index (χ0v) is 15.3. The van der Waals surface area contributed by atoms with Crippen molar-refractivity contribution in [1.29, 1.82) is 0 Å². The number of amides is 1. The van der Waals surface area contributed by atoms with E-state index < -0.39 is 0 Å². The predicted molar refractivity (Wildman–Crippen MR) is 93.1 cm³/mol. The number of carbonyl (C=O) groups is 1. The third-order valence-electron chi connectivity index (χ3n) is 5.17. The lowest BCUT2D eigenvalue weighted by Gasteiger charge is -2.25. The second kappa shape index (κ2) is 10.9. The molecular weight excluding hydrogens is 274 g/mol. The van der Waals surface area contributed by atoms with E-state index >= 15 is 0 Å². The van der Waals surface area contributed by atoms with E-state index in [2.05, 4.69) is 27.7 Å². The molecule has 0 aromatic heterocycles. The predicted octanol–water partition coefficient (Wildman–Crippen LogP) is 5.63. The summed E-state index contributed by atoms with van der Waals surface area (Å²) in [4.78, 5) is 14.3. The van der Waals surface area contributed by atoms with E-state index in [0.29, 0.717) is 18.6 Å². The van der Waals surface area contributed by atoms with Crippen LogP contribution in [-0.4, -0.2) is 30.2 Å². The summed E-state index contributed by atoms with van der Waals surface area (Å²) in [5.74, 6) is 1.26. The molecule has 3 unspecified atom stereocenters. The smallest absolute Gasteiger partial charge is 0.410 e. The normalized spacial score (nSPS) is 20.9. The van der Waals surface area contributed by atoms with E-state index in [-0.39, 0.29) is 6.09 Å². The van der Waals surface area contributed by atoms with Gasteiger partial charge >= 0.3 is 6.09 Å². The third-order valence-corrected chi connectivity index (χ3v) is 5.17. The number of rotatable bonds is 10. The summed E-state index contributed by atoms with van der Waals surface area (Å²) in [6.45, 7) is 10.4. The Hall–Kier alpha value is -0.730. The second-order valence-corrected chi connectivity index (χ2v) is 7.09. The van der Waals surface area contributed by atoms with Crippen molar-refractivity contribution in [2.24, 2.45) is 11.8 Å². The number of hydrogen-bond acceptors (Lipinski definition) is 2. The molecule has 1 aliphatic rings. The molecule has 1 fully saturated rings. The first-order chi connectivity index (χ1) is 10.6. The molecule has 1 amide bonds. The van der Waals surface area contributed by atoms with Gasteiger partial charge in [0.05, 0.1) is 6.61 Å². The summed E-state index contributed by atoms with van der Waals surface area (Å²) >= 11 is 0. The van der Waals surface area contributed by atoms with Crippen LogP contribution in [0.15, 0.2) is 0 Å². The van der Waals surface area contributed by atoms with Gasteiger partial charge in [-0.1, -0.05) is 53.4 Å². The second-order valence-electron chi connectivity index (χ2n) is 7.09. The minimum atomic E-state index is -0.0750. The Labute approximate surface area is 137 Å². The van der Waals surface area contributed by atoms with Gasteiger partial charge in [-0.25, -0.2) is 4.79 Å². The van der Waals surface area contributed by atoms with Gasteiger partial charge in [-0.2, -0.15) is 0 Å². The molecular formula is C19H37NO2. The van der Waals surface area contributed by atoms with Crippen LogP contribution >= 0.6 is 0 Å². The molecule has 0 aliphatic carbocycles. The summed E-state index contributed by atoms with van der Waals surface area (Å²) in [5, 5.41) is 0. The lowest BCUT2D eigenvalue weighted by Crippen LogP contribution is -2.36. The standard InChI is InChI=1S/C19H37NO2/c1-5-8-9-11-17(14-16(4)6-2)15-22-19(21)20-13-10-12-18(20)7-3/h16-18H,5-15H2,1-4H3. The Morgan fingerprint density at radius 3 is 2.68 bits per heavy atom. The van der Waals surface area contributed by atoms with E-state index in [1.165, 1.54) is 38.5 Å². The Morgan fingerprint density at radius 1 is 1.27 bits per heavy atom. The molecule has 0 bridgehead atoms. The number of nitrogens with zero attached hydrogens (tertiary/aromatic N) is 1. The number of ether oxygens (including phenoxy) is 1. The summed E-state index contributed by atoms with van der Waals surface area (Å²) in [5.41, 5.74) is 0. The summed E-state index contributed by atoms with van der Waals surface area (Å²) in [6, 6.07) is 0.403. The topological polar surface area (TPSA) is 29.5 Å². The molecule has 3 heteroatoms. The van der Waals surface area contributed by atoms with Crippen molar-refractivity contribution in [3.63, 3.8) is 0 Å². The van der Waals surface area contributed by atoms with E-state index in [9.17, 15) is 4.79 Å². The lowest BCUT2D eigenvalue weighted by atomic mass is 9.90. The van der Waals surface area contributed by atoms with Gasteiger partial charge in [0.15, 0.2) is 0 Å². The van der Waals surface area contributed by atoms with Gasteiger partial charge in [-0.15, -0.1) is 0 Å². The fourth-order valence-corrected chi connectivity index (χ4v) is 3.46. The van der Waals surface area contributed by atoms with Gasteiger partial charge in [0.25, 0.3) is 0 Å². The maximum Gasteiger partial charge on any atom is 0.410 e. The summed E-state index contributed by atoms with van der Waals surface area (Å²) < 4.78 is 5.68. The van der Waals surface area contributed by atoms with Crippen molar-refractivity contribution in [2.75, 3.05) is 13.2 Å². The van der Waals surface area contributed by atoms with Crippen molar-refractivity contribution >= 4 is 6.09 Å². The third kappa shape index (κ3) is 6.58. The van der Waals surface area contributed by atoms with Gasteiger partial charge in [-0.3, -0.25) is 0 Å². The van der Waals surface area contributed by atoms with Crippen molar-refractivity contribution in [3.05, 3.63) is 0 Å². The molecule has 0 aromatic carbocycles. The SMILES string of the molecule is CCCCCC(COC(=O)N1CCCC1CC)CC(C)CC. The van der Waals surface area contributed by atoms with Crippen LogP contribution in [0.5, 0.6) is 0 Å². The highest BCUT2D eigenvalue weighted by molar-refractivity contribution is 5.68. The average Bonchev–Trinajstić information content (AvgIpc) is 3.00. The van der Waals surface area contributed by atoms with Gasteiger partial charge in [0.1, 0.15) is 0 Å². The maximum absolute atomic E-state index is 12.3. The first-order valence-corrected chi connectivity index (χ1v) is 9.55. The van der Waals surface area contributed by atoms with Crippen molar-refractivity contribution < 1.29 is 9.53 Å². The highest BCUT2D eigenvalue weighted by Crippen LogP contribution is 2.24. The van der Waals surface area contributed by atoms with Crippen LogP contribution in [0.3, 0.4) is 0 Å². The minimum Gasteiger partial charge on any atom is -0.449 e. The quantitative estimate of drug-likeness (QED) is 0.489. The molecule has 3 atom stereocenters. The minimum absolute atomic E-state index is 0.0750. The molecule has 3 nitrogen and oxygen atoms in total. The number of unbranched alkanes of at least 4 members (excludes halogenated alkanes) is 2. The van der Waals surface area contributed by atoms with E-state index in [1.807, 2.05) is 4.90 Å². The van der Waals surface area contributed by atoms with Crippen LogP contribution in [0.2, 0.25) is 0 Å². The molecule has 0 saturated carbocycles. The molecule has 130 valence electrons. The van der Waals surface area contributed by atoms with Gasteiger partial charge < -0.3 is 9.64 Å². The van der Waals surface area contributed by atoms with Gasteiger partial charge in [-0.05, 0) is 43.9 Å². The van der Waals surface area contributed by atoms with Crippen molar-refractivity contribution in [2.45, 2.75) is 91.5 Å². The van der Waals surface area contributed by atoms with E-state index in [0.717, 1.165) is 31.7 Å².